The van der Waals surface area contributed by atoms with Gasteiger partial charge in [-0.1, -0.05) is 26.0 Å². The molecule has 0 aliphatic carbocycles. The van der Waals surface area contributed by atoms with E-state index in [1.54, 1.807) is 14.2 Å². The van der Waals surface area contributed by atoms with Gasteiger partial charge in [0, 0.05) is 12.7 Å². The van der Waals surface area contributed by atoms with E-state index < -0.39 is 0 Å². The van der Waals surface area contributed by atoms with E-state index >= 15 is 0 Å². The van der Waals surface area contributed by atoms with Gasteiger partial charge < -0.3 is 14.8 Å². The SMILES string of the molecule is CCCNC(c1ccc(C)c(C)c1OC)C(C)(CC)OC. The van der Waals surface area contributed by atoms with E-state index in [0.29, 0.717) is 0 Å². The molecule has 3 heteroatoms. The van der Waals surface area contributed by atoms with Crippen molar-refractivity contribution < 1.29 is 9.47 Å². The highest BCUT2D eigenvalue weighted by Crippen LogP contribution is 2.38. The molecule has 0 spiro atoms. The normalized spacial score (nSPS) is 15.6. The van der Waals surface area contributed by atoms with Crippen LogP contribution in [0.3, 0.4) is 0 Å². The third-order valence-corrected chi connectivity index (χ3v) is 4.60. The van der Waals surface area contributed by atoms with Gasteiger partial charge in [-0.05, 0) is 51.3 Å². The average molecular weight is 293 g/mol. The van der Waals surface area contributed by atoms with Crippen molar-refractivity contribution in [2.75, 3.05) is 20.8 Å². The van der Waals surface area contributed by atoms with Crippen LogP contribution >= 0.6 is 0 Å². The summed E-state index contributed by atoms with van der Waals surface area (Å²) in [5, 5.41) is 3.64. The van der Waals surface area contributed by atoms with Crippen molar-refractivity contribution in [3.05, 3.63) is 28.8 Å². The molecular weight excluding hydrogens is 262 g/mol. The summed E-state index contributed by atoms with van der Waals surface area (Å²) in [6.07, 6.45) is 2.02. The maximum absolute atomic E-state index is 5.85. The van der Waals surface area contributed by atoms with Crippen LogP contribution in [0.1, 0.15) is 56.3 Å². The van der Waals surface area contributed by atoms with Gasteiger partial charge in [-0.25, -0.2) is 0 Å². The second kappa shape index (κ2) is 7.81. The zero-order valence-corrected chi connectivity index (χ0v) is 14.7. The molecule has 0 saturated carbocycles. The zero-order chi connectivity index (χ0) is 16.0. The summed E-state index contributed by atoms with van der Waals surface area (Å²) in [5.74, 6) is 0.973. The maximum Gasteiger partial charge on any atom is 0.126 e. The molecule has 0 aliphatic rings. The van der Waals surface area contributed by atoms with Gasteiger partial charge in [0.05, 0.1) is 18.8 Å². The van der Waals surface area contributed by atoms with E-state index in [1.165, 1.54) is 16.7 Å². The highest BCUT2D eigenvalue weighted by molar-refractivity contribution is 5.47. The summed E-state index contributed by atoms with van der Waals surface area (Å²) in [6.45, 7) is 11.7. The number of ether oxygens (including phenoxy) is 2. The summed E-state index contributed by atoms with van der Waals surface area (Å²) < 4.78 is 11.6. The standard InChI is InChI=1S/C18H31NO2/c1-8-12-19-17(18(5,9-2)21-7)15-11-10-13(3)14(4)16(15)20-6/h10-11,17,19H,8-9,12H2,1-7H3. The zero-order valence-electron chi connectivity index (χ0n) is 14.7. The summed E-state index contributed by atoms with van der Waals surface area (Å²) in [7, 11) is 3.54. The highest BCUT2D eigenvalue weighted by Gasteiger charge is 2.35. The Kier molecular flexibility index (Phi) is 6.69. The lowest BCUT2D eigenvalue weighted by Crippen LogP contribution is -2.43. The fourth-order valence-electron chi connectivity index (χ4n) is 2.72. The molecule has 0 amide bonds. The molecule has 0 bridgehead atoms. The van der Waals surface area contributed by atoms with E-state index in [4.69, 9.17) is 9.47 Å². The van der Waals surface area contributed by atoms with E-state index in [0.717, 1.165) is 25.1 Å². The first-order valence-corrected chi connectivity index (χ1v) is 7.87. The molecule has 2 atom stereocenters. The van der Waals surface area contributed by atoms with Crippen LogP contribution in [0, 0.1) is 13.8 Å². The average Bonchev–Trinajstić information content (AvgIpc) is 2.50. The topological polar surface area (TPSA) is 30.5 Å². The molecule has 1 aromatic carbocycles. The lowest BCUT2D eigenvalue weighted by molar-refractivity contribution is -0.0304. The maximum atomic E-state index is 5.85. The van der Waals surface area contributed by atoms with Crippen LogP contribution in [0.15, 0.2) is 12.1 Å². The van der Waals surface area contributed by atoms with Gasteiger partial charge in [0.1, 0.15) is 5.75 Å². The van der Waals surface area contributed by atoms with E-state index in [-0.39, 0.29) is 11.6 Å². The Bertz CT molecular complexity index is 453. The summed E-state index contributed by atoms with van der Waals surface area (Å²) in [5.41, 5.74) is 3.37. The molecule has 0 fully saturated rings. The van der Waals surface area contributed by atoms with Crippen molar-refractivity contribution in [3.63, 3.8) is 0 Å². The van der Waals surface area contributed by atoms with Crippen LogP contribution in [-0.4, -0.2) is 26.4 Å². The van der Waals surface area contributed by atoms with Crippen LogP contribution in [0.2, 0.25) is 0 Å². The Balaban J connectivity index is 3.35. The second-order valence-electron chi connectivity index (χ2n) is 5.89. The van der Waals surface area contributed by atoms with Crippen LogP contribution in [0.25, 0.3) is 0 Å². The molecule has 0 heterocycles. The second-order valence-corrected chi connectivity index (χ2v) is 5.89. The monoisotopic (exact) mass is 293 g/mol. The molecule has 3 nitrogen and oxygen atoms in total. The van der Waals surface area contributed by atoms with Gasteiger partial charge >= 0.3 is 0 Å². The minimum atomic E-state index is -0.260. The summed E-state index contributed by atoms with van der Waals surface area (Å²) in [6, 6.07) is 4.45. The van der Waals surface area contributed by atoms with Crippen LogP contribution in [0.5, 0.6) is 5.75 Å². The number of rotatable bonds is 8. The van der Waals surface area contributed by atoms with Gasteiger partial charge in [-0.15, -0.1) is 0 Å². The minimum absolute atomic E-state index is 0.113. The minimum Gasteiger partial charge on any atom is -0.496 e. The Hall–Kier alpha value is -1.06. The Morgan fingerprint density at radius 3 is 2.33 bits per heavy atom. The number of benzene rings is 1. The number of methoxy groups -OCH3 is 2. The molecule has 2 unspecified atom stereocenters. The largest absolute Gasteiger partial charge is 0.496 e. The fraction of sp³-hybridized carbons (Fsp3) is 0.667. The Morgan fingerprint density at radius 1 is 1.19 bits per heavy atom. The first kappa shape index (κ1) is 18.0. The predicted octanol–water partition coefficient (Wildman–Crippen LogP) is 4.17. The highest BCUT2D eigenvalue weighted by atomic mass is 16.5. The molecule has 1 aromatic rings. The summed E-state index contributed by atoms with van der Waals surface area (Å²) in [4.78, 5) is 0. The molecule has 1 N–H and O–H groups in total. The number of aryl methyl sites for hydroxylation is 1. The van der Waals surface area contributed by atoms with Crippen LogP contribution < -0.4 is 10.1 Å². The number of hydrogen-bond donors (Lipinski definition) is 1. The molecule has 120 valence electrons. The number of hydrogen-bond acceptors (Lipinski definition) is 3. The first-order chi connectivity index (χ1) is 9.95. The third kappa shape index (κ3) is 3.78. The van der Waals surface area contributed by atoms with E-state index in [2.05, 4.69) is 52.1 Å². The number of nitrogens with one attached hydrogen (secondary N) is 1. The van der Waals surface area contributed by atoms with Crippen molar-refractivity contribution in [1.82, 2.24) is 5.32 Å². The molecule has 0 aliphatic heterocycles. The summed E-state index contributed by atoms with van der Waals surface area (Å²) >= 11 is 0. The van der Waals surface area contributed by atoms with Crippen molar-refractivity contribution in [2.24, 2.45) is 0 Å². The molecule has 0 radical (unpaired) electrons. The fourth-order valence-corrected chi connectivity index (χ4v) is 2.72. The first-order valence-electron chi connectivity index (χ1n) is 7.87. The van der Waals surface area contributed by atoms with Crippen LogP contribution in [0.4, 0.5) is 0 Å². The smallest absolute Gasteiger partial charge is 0.126 e. The van der Waals surface area contributed by atoms with E-state index in [9.17, 15) is 0 Å². The predicted molar refractivity (Wildman–Crippen MR) is 89.2 cm³/mol. The van der Waals surface area contributed by atoms with Crippen molar-refractivity contribution in [2.45, 2.75) is 59.1 Å². The van der Waals surface area contributed by atoms with Gasteiger partial charge in [-0.3, -0.25) is 0 Å². The molecule has 0 aromatic heterocycles. The molecular formula is C18H31NO2. The van der Waals surface area contributed by atoms with Crippen LogP contribution in [-0.2, 0) is 4.74 Å². The van der Waals surface area contributed by atoms with Gasteiger partial charge in [0.2, 0.25) is 0 Å². The van der Waals surface area contributed by atoms with Gasteiger partial charge in [-0.2, -0.15) is 0 Å². The van der Waals surface area contributed by atoms with Crippen molar-refractivity contribution in [3.8, 4) is 5.75 Å². The molecule has 1 rings (SSSR count). The quantitative estimate of drug-likeness (QED) is 0.780. The van der Waals surface area contributed by atoms with Crippen molar-refractivity contribution >= 4 is 0 Å². The lowest BCUT2D eigenvalue weighted by Gasteiger charge is -2.37. The van der Waals surface area contributed by atoms with Crippen molar-refractivity contribution in [1.29, 1.82) is 0 Å². The Morgan fingerprint density at radius 2 is 1.86 bits per heavy atom. The lowest BCUT2D eigenvalue weighted by atomic mass is 9.85. The van der Waals surface area contributed by atoms with E-state index in [1.807, 2.05) is 0 Å². The van der Waals surface area contributed by atoms with Gasteiger partial charge in [0.15, 0.2) is 0 Å². The van der Waals surface area contributed by atoms with Gasteiger partial charge in [0.25, 0.3) is 0 Å². The molecule has 21 heavy (non-hydrogen) atoms. The molecule has 0 saturated heterocycles. The Labute approximate surface area is 130 Å². The third-order valence-electron chi connectivity index (χ3n) is 4.60.